The third-order valence-corrected chi connectivity index (χ3v) is 4.56. The molecule has 0 saturated heterocycles. The first-order valence-corrected chi connectivity index (χ1v) is 7.86. The second kappa shape index (κ2) is 5.81. The highest BCUT2D eigenvalue weighted by atomic mass is 35.5. The predicted octanol–water partition coefficient (Wildman–Crippen LogP) is 5.65. The second-order valence-corrected chi connectivity index (χ2v) is 6.09. The van der Waals surface area contributed by atoms with Crippen molar-refractivity contribution in [3.63, 3.8) is 0 Å². The Morgan fingerprint density at radius 3 is 2.65 bits per heavy atom. The van der Waals surface area contributed by atoms with Crippen LogP contribution in [0.5, 0.6) is 0 Å². The summed E-state index contributed by atoms with van der Waals surface area (Å²) in [5.41, 5.74) is 3.36. The lowest BCUT2D eigenvalue weighted by Crippen LogP contribution is -1.90. The predicted molar refractivity (Wildman–Crippen MR) is 88.3 cm³/mol. The van der Waals surface area contributed by atoms with Crippen molar-refractivity contribution in [1.29, 1.82) is 0 Å². The van der Waals surface area contributed by atoms with Crippen LogP contribution in [0, 0.1) is 0 Å². The summed E-state index contributed by atoms with van der Waals surface area (Å²) in [6.45, 7) is 2.19. The number of aryl methyl sites for hydroxylation is 1. The summed E-state index contributed by atoms with van der Waals surface area (Å²) in [6.07, 6.45) is 2.29. The van der Waals surface area contributed by atoms with E-state index in [0.717, 1.165) is 32.5 Å². The molecule has 102 valence electrons. The van der Waals surface area contributed by atoms with Crippen molar-refractivity contribution >= 4 is 44.0 Å². The number of benzene rings is 2. The van der Waals surface area contributed by atoms with E-state index in [4.69, 9.17) is 11.6 Å². The van der Waals surface area contributed by atoms with Crippen LogP contribution >= 0.6 is 22.9 Å². The Bertz CT molecular complexity index is 719. The summed E-state index contributed by atoms with van der Waals surface area (Å²) < 4.78 is 1.03. The van der Waals surface area contributed by atoms with E-state index in [-0.39, 0.29) is 0 Å². The first-order valence-electron chi connectivity index (χ1n) is 6.67. The number of anilines is 2. The average Bonchev–Trinajstić information content (AvgIpc) is 2.85. The molecule has 0 aliphatic heterocycles. The van der Waals surface area contributed by atoms with Crippen molar-refractivity contribution in [2.75, 3.05) is 5.32 Å². The molecule has 3 rings (SSSR count). The molecule has 0 saturated carbocycles. The zero-order chi connectivity index (χ0) is 13.9. The van der Waals surface area contributed by atoms with Crippen LogP contribution in [0.4, 0.5) is 10.8 Å². The number of aromatic nitrogens is 1. The summed E-state index contributed by atoms with van der Waals surface area (Å²) in [5.74, 6) is 0. The van der Waals surface area contributed by atoms with E-state index in [1.165, 1.54) is 12.0 Å². The molecule has 0 amide bonds. The van der Waals surface area contributed by atoms with Crippen molar-refractivity contribution < 1.29 is 0 Å². The van der Waals surface area contributed by atoms with Crippen LogP contribution in [0.3, 0.4) is 0 Å². The van der Waals surface area contributed by atoms with Gasteiger partial charge in [0.15, 0.2) is 5.13 Å². The van der Waals surface area contributed by atoms with Crippen LogP contribution in [-0.2, 0) is 6.42 Å². The highest BCUT2D eigenvalue weighted by Crippen LogP contribution is 2.33. The molecular weight excluding hydrogens is 288 g/mol. The molecule has 1 N–H and O–H groups in total. The van der Waals surface area contributed by atoms with Crippen molar-refractivity contribution in [1.82, 2.24) is 4.98 Å². The van der Waals surface area contributed by atoms with Crippen LogP contribution in [-0.4, -0.2) is 4.98 Å². The van der Waals surface area contributed by atoms with Gasteiger partial charge >= 0.3 is 0 Å². The van der Waals surface area contributed by atoms with Crippen LogP contribution in [0.1, 0.15) is 18.9 Å². The maximum absolute atomic E-state index is 6.17. The highest BCUT2D eigenvalue weighted by molar-refractivity contribution is 7.22. The van der Waals surface area contributed by atoms with Gasteiger partial charge < -0.3 is 5.32 Å². The van der Waals surface area contributed by atoms with Gasteiger partial charge in [-0.3, -0.25) is 0 Å². The van der Waals surface area contributed by atoms with E-state index in [9.17, 15) is 0 Å². The lowest BCUT2D eigenvalue weighted by Gasteiger charge is -2.03. The summed E-state index contributed by atoms with van der Waals surface area (Å²) in [4.78, 5) is 4.55. The number of nitrogens with zero attached hydrogens (tertiary/aromatic N) is 1. The number of fused-ring (bicyclic) bond motifs is 1. The number of hydrogen-bond donors (Lipinski definition) is 1. The standard InChI is InChI=1S/C16H15ClN2S/c1-2-4-11-7-9-12(10-8-11)18-16-19-14-6-3-5-13(17)15(14)20-16/h3,5-10H,2,4H2,1H3,(H,18,19). The van der Waals surface area contributed by atoms with E-state index in [2.05, 4.69) is 41.5 Å². The van der Waals surface area contributed by atoms with E-state index in [1.54, 1.807) is 11.3 Å². The first-order chi connectivity index (χ1) is 9.76. The monoisotopic (exact) mass is 302 g/mol. The van der Waals surface area contributed by atoms with Crippen LogP contribution in [0.15, 0.2) is 42.5 Å². The van der Waals surface area contributed by atoms with E-state index in [0.29, 0.717) is 0 Å². The van der Waals surface area contributed by atoms with E-state index in [1.807, 2.05) is 18.2 Å². The van der Waals surface area contributed by atoms with Crippen molar-refractivity contribution in [2.45, 2.75) is 19.8 Å². The average molecular weight is 303 g/mol. The summed E-state index contributed by atoms with van der Waals surface area (Å²) in [5, 5.41) is 4.97. The van der Waals surface area contributed by atoms with E-state index >= 15 is 0 Å². The minimum atomic E-state index is 0.756. The number of nitrogens with one attached hydrogen (secondary N) is 1. The molecule has 4 heteroatoms. The molecule has 0 fully saturated rings. The van der Waals surface area contributed by atoms with Gasteiger partial charge in [0.1, 0.15) is 0 Å². The molecule has 0 unspecified atom stereocenters. The minimum Gasteiger partial charge on any atom is -0.332 e. The molecule has 0 atom stereocenters. The summed E-state index contributed by atoms with van der Waals surface area (Å²) in [6, 6.07) is 14.3. The second-order valence-electron chi connectivity index (χ2n) is 4.68. The van der Waals surface area contributed by atoms with Crippen LogP contribution in [0.2, 0.25) is 5.02 Å². The Morgan fingerprint density at radius 1 is 1.15 bits per heavy atom. The van der Waals surface area contributed by atoms with Crippen LogP contribution in [0.25, 0.3) is 10.2 Å². The third kappa shape index (κ3) is 2.79. The van der Waals surface area contributed by atoms with Gasteiger partial charge in [0.25, 0.3) is 0 Å². The van der Waals surface area contributed by atoms with Gasteiger partial charge in [-0.05, 0) is 36.2 Å². The molecule has 0 bridgehead atoms. The van der Waals surface area contributed by atoms with Gasteiger partial charge in [0.05, 0.1) is 15.2 Å². The fourth-order valence-electron chi connectivity index (χ4n) is 2.14. The maximum Gasteiger partial charge on any atom is 0.188 e. The molecule has 0 aliphatic rings. The third-order valence-electron chi connectivity index (χ3n) is 3.11. The topological polar surface area (TPSA) is 24.9 Å². The molecule has 1 aromatic heterocycles. The Hall–Kier alpha value is -1.58. The zero-order valence-electron chi connectivity index (χ0n) is 11.2. The maximum atomic E-state index is 6.17. The number of hydrogen-bond acceptors (Lipinski definition) is 3. The van der Waals surface area contributed by atoms with Crippen molar-refractivity contribution in [3.05, 3.63) is 53.1 Å². The van der Waals surface area contributed by atoms with Gasteiger partial charge in [0.2, 0.25) is 0 Å². The largest absolute Gasteiger partial charge is 0.332 e. The molecule has 2 nitrogen and oxygen atoms in total. The number of thiazole rings is 1. The minimum absolute atomic E-state index is 0.756. The van der Waals surface area contributed by atoms with Gasteiger partial charge in [-0.2, -0.15) is 0 Å². The lowest BCUT2D eigenvalue weighted by molar-refractivity contribution is 0.922. The number of halogens is 1. The molecular formula is C16H15ClN2S. The first kappa shape index (κ1) is 13.4. The lowest BCUT2D eigenvalue weighted by atomic mass is 10.1. The van der Waals surface area contributed by atoms with Gasteiger partial charge in [-0.15, -0.1) is 0 Å². The van der Waals surface area contributed by atoms with Crippen molar-refractivity contribution in [3.8, 4) is 0 Å². The molecule has 0 radical (unpaired) electrons. The van der Waals surface area contributed by atoms with E-state index < -0.39 is 0 Å². The smallest absolute Gasteiger partial charge is 0.188 e. The fourth-order valence-corrected chi connectivity index (χ4v) is 3.31. The molecule has 0 spiro atoms. The fraction of sp³-hybridized carbons (Fsp3) is 0.188. The molecule has 1 heterocycles. The molecule has 0 aliphatic carbocycles. The molecule has 3 aromatic rings. The SMILES string of the molecule is CCCc1ccc(Nc2nc3cccc(Cl)c3s2)cc1. The van der Waals surface area contributed by atoms with Gasteiger partial charge in [-0.1, -0.05) is 54.5 Å². The van der Waals surface area contributed by atoms with Crippen molar-refractivity contribution in [2.24, 2.45) is 0 Å². The molecule has 20 heavy (non-hydrogen) atoms. The zero-order valence-corrected chi connectivity index (χ0v) is 12.8. The highest BCUT2D eigenvalue weighted by Gasteiger charge is 2.06. The Labute approximate surface area is 127 Å². The van der Waals surface area contributed by atoms with Gasteiger partial charge in [-0.25, -0.2) is 4.98 Å². The normalized spacial score (nSPS) is 10.9. The van der Waals surface area contributed by atoms with Gasteiger partial charge in [0, 0.05) is 5.69 Å². The number of rotatable bonds is 4. The molecule has 2 aromatic carbocycles. The summed E-state index contributed by atoms with van der Waals surface area (Å²) in [7, 11) is 0. The Kier molecular flexibility index (Phi) is 3.90. The van der Waals surface area contributed by atoms with Crippen LogP contribution < -0.4 is 5.32 Å². The Balaban J connectivity index is 1.83. The Morgan fingerprint density at radius 2 is 1.95 bits per heavy atom. The summed E-state index contributed by atoms with van der Waals surface area (Å²) >= 11 is 7.75. The quantitative estimate of drug-likeness (QED) is 0.674.